The highest BCUT2D eigenvalue weighted by molar-refractivity contribution is 5.75. The van der Waals surface area contributed by atoms with E-state index in [9.17, 15) is 0 Å². The van der Waals surface area contributed by atoms with Gasteiger partial charge in [-0.15, -0.1) is 0 Å². The number of amidine groups is 1. The Morgan fingerprint density at radius 2 is 2.09 bits per heavy atom. The van der Waals surface area contributed by atoms with Crippen LogP contribution >= 0.6 is 0 Å². The maximum atomic E-state index is 6.07. The third-order valence-electron chi connectivity index (χ3n) is 4.32. The van der Waals surface area contributed by atoms with Crippen molar-refractivity contribution in [1.29, 1.82) is 0 Å². The Balaban J connectivity index is 1.76. The Morgan fingerprint density at radius 3 is 2.82 bits per heavy atom. The van der Waals surface area contributed by atoms with Crippen LogP contribution in [0.3, 0.4) is 0 Å². The molecule has 0 bridgehead atoms. The second-order valence-electron chi connectivity index (χ2n) is 5.70. The fraction of sp³-hybridized carbons (Fsp3) is 0.312. The van der Waals surface area contributed by atoms with Crippen LogP contribution in [0, 0.1) is 0 Å². The van der Waals surface area contributed by atoms with Gasteiger partial charge in [-0.3, -0.25) is 0 Å². The summed E-state index contributed by atoms with van der Waals surface area (Å²) in [6.07, 6.45) is 5.74. The molecule has 112 valence electrons. The number of aromatic nitrogens is 2. The predicted octanol–water partition coefficient (Wildman–Crippen LogP) is 1.55. The summed E-state index contributed by atoms with van der Waals surface area (Å²) in [4.78, 5) is 12.6. The van der Waals surface area contributed by atoms with Crippen molar-refractivity contribution >= 4 is 6.02 Å². The molecule has 2 atom stereocenters. The van der Waals surface area contributed by atoms with Gasteiger partial charge >= 0.3 is 0 Å². The molecule has 3 heterocycles. The van der Waals surface area contributed by atoms with Crippen LogP contribution in [0.2, 0.25) is 0 Å². The first kappa shape index (κ1) is 13.1. The minimum absolute atomic E-state index is 0.0932. The largest absolute Gasteiger partial charge is 0.490 e. The van der Waals surface area contributed by atoms with Gasteiger partial charge in [0, 0.05) is 29.9 Å². The average molecular weight is 296 g/mol. The molecule has 0 unspecified atom stereocenters. The minimum Gasteiger partial charge on any atom is -0.490 e. The van der Waals surface area contributed by atoms with Crippen LogP contribution in [-0.2, 0) is 11.2 Å². The topological polar surface area (TPSA) is 82.6 Å². The highest BCUT2D eigenvalue weighted by atomic mass is 16.5. The van der Waals surface area contributed by atoms with Gasteiger partial charge in [0.05, 0.1) is 0 Å². The number of ether oxygens (including phenoxy) is 2. The number of hydrogen-bond acceptors (Lipinski definition) is 6. The zero-order valence-electron chi connectivity index (χ0n) is 12.2. The van der Waals surface area contributed by atoms with Gasteiger partial charge in [-0.1, -0.05) is 18.2 Å². The quantitative estimate of drug-likeness (QED) is 0.863. The van der Waals surface area contributed by atoms with E-state index in [-0.39, 0.29) is 12.1 Å². The molecule has 4 rings (SSSR count). The Labute approximate surface area is 128 Å². The maximum Gasteiger partial charge on any atom is 0.283 e. The molecule has 1 aromatic carbocycles. The van der Waals surface area contributed by atoms with Crippen molar-refractivity contribution in [3.63, 3.8) is 0 Å². The van der Waals surface area contributed by atoms with Gasteiger partial charge in [-0.2, -0.15) is 0 Å². The Bertz CT molecular complexity index is 747. The highest BCUT2D eigenvalue weighted by Gasteiger charge is 2.47. The molecule has 2 N–H and O–H groups in total. The van der Waals surface area contributed by atoms with Crippen LogP contribution < -0.4 is 10.5 Å². The summed E-state index contributed by atoms with van der Waals surface area (Å²) in [7, 11) is 0. The third kappa shape index (κ3) is 1.91. The Hall–Kier alpha value is -2.63. The summed E-state index contributed by atoms with van der Waals surface area (Å²) >= 11 is 0. The van der Waals surface area contributed by atoms with Crippen LogP contribution in [0.4, 0.5) is 0 Å². The molecule has 1 spiro atoms. The first-order chi connectivity index (χ1) is 10.7. The van der Waals surface area contributed by atoms with E-state index in [0.717, 1.165) is 28.9 Å². The van der Waals surface area contributed by atoms with Crippen LogP contribution in [0.5, 0.6) is 5.75 Å². The van der Waals surface area contributed by atoms with Crippen molar-refractivity contribution in [2.24, 2.45) is 10.7 Å². The van der Waals surface area contributed by atoms with E-state index in [1.54, 1.807) is 12.4 Å². The summed E-state index contributed by atoms with van der Waals surface area (Å²) in [5.74, 6) is 0.871. The molecule has 0 radical (unpaired) electrons. The molecule has 1 aromatic heterocycles. The van der Waals surface area contributed by atoms with Gasteiger partial charge < -0.3 is 15.2 Å². The molecular weight excluding hydrogens is 280 g/mol. The molecule has 0 amide bonds. The van der Waals surface area contributed by atoms with E-state index >= 15 is 0 Å². The summed E-state index contributed by atoms with van der Waals surface area (Å²) in [6, 6.07) is 6.33. The second kappa shape index (κ2) is 4.69. The lowest BCUT2D eigenvalue weighted by Crippen LogP contribution is -2.46. The molecule has 2 aromatic rings. The van der Waals surface area contributed by atoms with Crippen molar-refractivity contribution in [3.05, 3.63) is 42.5 Å². The summed E-state index contributed by atoms with van der Waals surface area (Å²) < 4.78 is 11.6. The number of para-hydroxylation sites is 1. The number of hydrogen-bond donors (Lipinski definition) is 1. The molecule has 0 aliphatic carbocycles. The van der Waals surface area contributed by atoms with Gasteiger partial charge in [0.15, 0.2) is 0 Å². The Morgan fingerprint density at radius 1 is 1.27 bits per heavy atom. The monoisotopic (exact) mass is 296 g/mol. The fourth-order valence-corrected chi connectivity index (χ4v) is 3.10. The molecule has 2 aliphatic heterocycles. The van der Waals surface area contributed by atoms with Crippen molar-refractivity contribution in [2.45, 2.75) is 25.0 Å². The van der Waals surface area contributed by atoms with E-state index in [1.165, 1.54) is 6.33 Å². The average Bonchev–Trinajstić information content (AvgIpc) is 2.80. The van der Waals surface area contributed by atoms with E-state index in [0.29, 0.717) is 6.61 Å². The predicted molar refractivity (Wildman–Crippen MR) is 81.6 cm³/mol. The van der Waals surface area contributed by atoms with E-state index in [4.69, 9.17) is 15.2 Å². The normalized spacial score (nSPS) is 26.0. The molecule has 0 saturated carbocycles. The van der Waals surface area contributed by atoms with E-state index in [2.05, 4.69) is 21.0 Å². The van der Waals surface area contributed by atoms with Crippen LogP contribution in [-0.4, -0.2) is 34.2 Å². The molecule has 6 heteroatoms. The Kier molecular flexibility index (Phi) is 2.79. The lowest BCUT2D eigenvalue weighted by molar-refractivity contribution is 0.0933. The number of fused-ring (bicyclic) bond motifs is 1. The lowest BCUT2D eigenvalue weighted by Gasteiger charge is -2.34. The van der Waals surface area contributed by atoms with Gasteiger partial charge in [-0.05, 0) is 12.5 Å². The zero-order chi connectivity index (χ0) is 15.2. The molecule has 6 nitrogen and oxygen atoms in total. The lowest BCUT2D eigenvalue weighted by atomic mass is 9.84. The maximum absolute atomic E-state index is 6.07. The van der Waals surface area contributed by atoms with Crippen molar-refractivity contribution in [1.82, 2.24) is 9.97 Å². The van der Waals surface area contributed by atoms with Crippen LogP contribution in [0.1, 0.15) is 12.5 Å². The smallest absolute Gasteiger partial charge is 0.283 e. The number of nitrogens with zero attached hydrogens (tertiary/aromatic N) is 3. The molecule has 2 aliphatic rings. The number of rotatable bonds is 1. The number of aliphatic imine (C=N–C) groups is 1. The highest BCUT2D eigenvalue weighted by Crippen LogP contribution is 2.41. The number of benzene rings is 1. The van der Waals surface area contributed by atoms with Gasteiger partial charge in [0.1, 0.15) is 30.3 Å². The van der Waals surface area contributed by atoms with E-state index in [1.807, 2.05) is 19.1 Å². The van der Waals surface area contributed by atoms with E-state index < -0.39 is 5.54 Å². The zero-order valence-corrected chi connectivity index (χ0v) is 12.2. The van der Waals surface area contributed by atoms with Crippen LogP contribution in [0.25, 0.3) is 11.1 Å². The van der Waals surface area contributed by atoms with Gasteiger partial charge in [-0.25, -0.2) is 15.0 Å². The van der Waals surface area contributed by atoms with Crippen molar-refractivity contribution in [3.8, 4) is 16.9 Å². The molecule has 22 heavy (non-hydrogen) atoms. The third-order valence-corrected chi connectivity index (χ3v) is 4.32. The summed E-state index contributed by atoms with van der Waals surface area (Å²) in [6.45, 7) is 2.43. The summed E-state index contributed by atoms with van der Waals surface area (Å²) in [5, 5.41) is 0. The molecular formula is C16H16N4O2. The molecule has 0 saturated heterocycles. The second-order valence-corrected chi connectivity index (χ2v) is 5.70. The first-order valence-electron chi connectivity index (χ1n) is 7.20. The minimum atomic E-state index is -0.428. The van der Waals surface area contributed by atoms with Crippen molar-refractivity contribution < 1.29 is 9.47 Å². The summed E-state index contributed by atoms with van der Waals surface area (Å²) in [5.41, 5.74) is 8.33. The molecule has 0 fully saturated rings. The van der Waals surface area contributed by atoms with Crippen molar-refractivity contribution in [2.75, 3.05) is 6.61 Å². The SMILES string of the molecule is C[C@@H]1OC(N)=N[C@]12COc1c(cccc1-c1cncnc1)C2. The van der Waals surface area contributed by atoms with Crippen LogP contribution in [0.15, 0.2) is 41.9 Å². The fourth-order valence-electron chi connectivity index (χ4n) is 3.10. The number of nitrogens with two attached hydrogens (primary N) is 1. The van der Waals surface area contributed by atoms with Gasteiger partial charge in [0.25, 0.3) is 6.02 Å². The van der Waals surface area contributed by atoms with Gasteiger partial charge in [0.2, 0.25) is 0 Å². The standard InChI is InChI=1S/C16H16N4O2/c1-10-16(20-15(17)22-10)5-11-3-2-4-13(14(11)21-8-16)12-6-18-9-19-7-12/h2-4,6-7,9-10H,5,8H2,1H3,(H2,17,20)/t10-,16+/m0/s1. The first-order valence-corrected chi connectivity index (χ1v) is 7.20.